The first-order valence-electron chi connectivity index (χ1n) is 9.51. The lowest BCUT2D eigenvalue weighted by molar-refractivity contribution is 0.364. The molecule has 150 valence electrons. The predicted octanol–water partition coefficient (Wildman–Crippen LogP) is 2.33. The molecule has 0 unspecified atom stereocenters. The van der Waals surface area contributed by atoms with Gasteiger partial charge in [0.1, 0.15) is 12.9 Å². The van der Waals surface area contributed by atoms with Crippen molar-refractivity contribution in [1.82, 2.24) is 29.2 Å². The Balaban J connectivity index is 1.21. The molecule has 0 radical (unpaired) electrons. The Kier molecular flexibility index (Phi) is 3.64. The Morgan fingerprint density at radius 2 is 2.13 bits per heavy atom. The maximum atomic E-state index is 12.7. The van der Waals surface area contributed by atoms with Crippen molar-refractivity contribution in [3.8, 4) is 0 Å². The summed E-state index contributed by atoms with van der Waals surface area (Å²) in [5.41, 5.74) is 3.04. The number of fused-ring (bicyclic) bond motifs is 2. The molecule has 4 heterocycles. The van der Waals surface area contributed by atoms with Crippen molar-refractivity contribution in [2.24, 2.45) is 13.0 Å². The molecule has 0 N–H and O–H groups in total. The Morgan fingerprint density at radius 1 is 1.27 bits per heavy atom. The van der Waals surface area contributed by atoms with Crippen LogP contribution in [0.5, 0.6) is 0 Å². The highest BCUT2D eigenvalue weighted by molar-refractivity contribution is 6.30. The minimum absolute atomic E-state index is 0.172. The number of hydrogen-bond donors (Lipinski definition) is 0. The van der Waals surface area contributed by atoms with Gasteiger partial charge in [0.15, 0.2) is 17.0 Å². The van der Waals surface area contributed by atoms with Crippen LogP contribution in [-0.2, 0) is 13.6 Å². The maximum Gasteiger partial charge on any atom is 0.280 e. The molecule has 1 fully saturated rings. The van der Waals surface area contributed by atoms with Gasteiger partial charge in [-0.3, -0.25) is 9.36 Å². The summed E-state index contributed by atoms with van der Waals surface area (Å²) in [6.07, 6.45) is 5.17. The SMILES string of the molecule is Cn1cnc2ncn(Cc3nc([C@H]4C5=CN(c6cccc(Cl)c6)C[C@H]54)no3)c(=O)c21. The first kappa shape index (κ1) is 17.4. The molecule has 0 spiro atoms. The van der Waals surface area contributed by atoms with Gasteiger partial charge in [-0.2, -0.15) is 4.98 Å². The molecule has 0 amide bonds. The summed E-state index contributed by atoms with van der Waals surface area (Å²) in [4.78, 5) is 27.7. The van der Waals surface area contributed by atoms with Gasteiger partial charge in [0.2, 0.25) is 5.89 Å². The second-order valence-corrected chi connectivity index (χ2v) is 8.03. The number of imidazole rings is 1. The van der Waals surface area contributed by atoms with E-state index in [-0.39, 0.29) is 18.0 Å². The Bertz CT molecular complexity index is 1390. The van der Waals surface area contributed by atoms with E-state index in [0.29, 0.717) is 28.8 Å². The Morgan fingerprint density at radius 3 is 2.93 bits per heavy atom. The van der Waals surface area contributed by atoms with Gasteiger partial charge in [0, 0.05) is 36.4 Å². The molecular formula is C20H16ClN7O2. The highest BCUT2D eigenvalue weighted by Crippen LogP contribution is 2.56. The Hall–Kier alpha value is -3.46. The van der Waals surface area contributed by atoms with Crippen LogP contribution in [0.2, 0.25) is 5.02 Å². The van der Waals surface area contributed by atoms with Crippen molar-refractivity contribution in [2.45, 2.75) is 12.5 Å². The minimum Gasteiger partial charge on any atom is -0.347 e. The van der Waals surface area contributed by atoms with Crippen molar-refractivity contribution in [3.05, 3.63) is 75.8 Å². The van der Waals surface area contributed by atoms with Crippen molar-refractivity contribution in [2.75, 3.05) is 11.4 Å². The third-order valence-electron chi connectivity index (χ3n) is 5.69. The zero-order valence-electron chi connectivity index (χ0n) is 15.9. The Labute approximate surface area is 175 Å². The number of halogens is 1. The van der Waals surface area contributed by atoms with Crippen molar-refractivity contribution >= 4 is 28.5 Å². The molecule has 1 aliphatic heterocycles. The first-order chi connectivity index (χ1) is 14.6. The van der Waals surface area contributed by atoms with E-state index in [2.05, 4.69) is 31.2 Å². The molecule has 1 aromatic carbocycles. The molecule has 6 rings (SSSR count). The van der Waals surface area contributed by atoms with Gasteiger partial charge in [-0.1, -0.05) is 22.8 Å². The van der Waals surface area contributed by atoms with Crippen molar-refractivity contribution in [1.29, 1.82) is 0 Å². The summed E-state index contributed by atoms with van der Waals surface area (Å²) >= 11 is 6.10. The molecule has 2 atom stereocenters. The highest BCUT2D eigenvalue weighted by atomic mass is 35.5. The third kappa shape index (κ3) is 2.66. The fraction of sp³-hybridized carbons (Fsp3) is 0.250. The van der Waals surface area contributed by atoms with E-state index in [1.807, 2.05) is 24.3 Å². The summed E-state index contributed by atoms with van der Waals surface area (Å²) in [7, 11) is 1.76. The zero-order valence-corrected chi connectivity index (χ0v) is 16.7. The fourth-order valence-corrected chi connectivity index (χ4v) is 4.31. The number of nitrogens with zero attached hydrogens (tertiary/aromatic N) is 7. The number of rotatable bonds is 4. The monoisotopic (exact) mass is 421 g/mol. The van der Waals surface area contributed by atoms with Gasteiger partial charge >= 0.3 is 0 Å². The van der Waals surface area contributed by atoms with Crippen molar-refractivity contribution < 1.29 is 4.52 Å². The summed E-state index contributed by atoms with van der Waals surface area (Å²) in [6, 6.07) is 7.81. The smallest absolute Gasteiger partial charge is 0.280 e. The topological polar surface area (TPSA) is 94.9 Å². The average molecular weight is 422 g/mol. The van der Waals surface area contributed by atoms with Gasteiger partial charge in [0.25, 0.3) is 5.56 Å². The number of aromatic nitrogens is 6. The lowest BCUT2D eigenvalue weighted by Crippen LogP contribution is -2.22. The molecule has 10 heteroatoms. The largest absolute Gasteiger partial charge is 0.347 e. The van der Waals surface area contributed by atoms with Gasteiger partial charge in [-0.05, 0) is 23.8 Å². The van der Waals surface area contributed by atoms with Crippen LogP contribution in [0.4, 0.5) is 5.69 Å². The van der Waals surface area contributed by atoms with Crippen molar-refractivity contribution in [3.63, 3.8) is 0 Å². The van der Waals surface area contributed by atoms with E-state index in [1.165, 1.54) is 16.5 Å². The van der Waals surface area contributed by atoms with E-state index in [9.17, 15) is 4.79 Å². The van der Waals surface area contributed by atoms with Crippen LogP contribution < -0.4 is 10.5 Å². The van der Waals surface area contributed by atoms with Gasteiger partial charge in [0.05, 0.1) is 12.2 Å². The number of anilines is 1. The molecule has 3 aromatic heterocycles. The van der Waals surface area contributed by atoms with E-state index in [4.69, 9.17) is 16.1 Å². The summed E-state index contributed by atoms with van der Waals surface area (Å²) < 4.78 is 8.52. The fourth-order valence-electron chi connectivity index (χ4n) is 4.12. The molecule has 30 heavy (non-hydrogen) atoms. The highest BCUT2D eigenvalue weighted by Gasteiger charge is 2.52. The minimum atomic E-state index is -0.192. The molecule has 1 saturated carbocycles. The third-order valence-corrected chi connectivity index (χ3v) is 5.92. The van der Waals surface area contributed by atoms with Crippen LogP contribution in [0.3, 0.4) is 0 Å². The lowest BCUT2D eigenvalue weighted by atomic mass is 10.2. The zero-order chi connectivity index (χ0) is 20.4. The molecule has 0 bridgehead atoms. The van der Waals surface area contributed by atoms with E-state index >= 15 is 0 Å². The molecule has 4 aromatic rings. The van der Waals surface area contributed by atoms with Crippen LogP contribution >= 0.6 is 11.6 Å². The standard InChI is InChI=1S/C20H16ClN7O2/c1-26-9-22-19-17(26)20(29)28(10-23-19)8-15-24-18(25-30-15)16-13-6-27(7-14(13)16)12-4-2-3-11(21)5-12/h2-6,9-10,14,16H,7-8H2,1H3/t14-,16+/m1/s1. The second kappa shape index (κ2) is 6.27. The molecular weight excluding hydrogens is 406 g/mol. The number of aryl methyl sites for hydroxylation is 1. The van der Waals surface area contributed by atoms with Gasteiger partial charge in [-0.15, -0.1) is 0 Å². The van der Waals surface area contributed by atoms with E-state index < -0.39 is 0 Å². The quantitative estimate of drug-likeness (QED) is 0.499. The van der Waals surface area contributed by atoms with Crippen LogP contribution in [0.15, 0.2) is 58.0 Å². The maximum absolute atomic E-state index is 12.7. The number of hydrogen-bond acceptors (Lipinski definition) is 7. The van der Waals surface area contributed by atoms with Crippen LogP contribution in [0.25, 0.3) is 11.2 Å². The second-order valence-electron chi connectivity index (χ2n) is 7.60. The van der Waals surface area contributed by atoms with Gasteiger partial charge in [-0.25, -0.2) is 9.97 Å². The summed E-state index contributed by atoms with van der Waals surface area (Å²) in [6.45, 7) is 1.04. The molecule has 9 nitrogen and oxygen atoms in total. The predicted molar refractivity (Wildman–Crippen MR) is 109 cm³/mol. The van der Waals surface area contributed by atoms with Crippen LogP contribution in [0.1, 0.15) is 17.6 Å². The lowest BCUT2D eigenvalue weighted by Gasteiger charge is -2.18. The van der Waals surface area contributed by atoms with E-state index in [0.717, 1.165) is 17.3 Å². The van der Waals surface area contributed by atoms with Crippen LogP contribution in [-0.4, -0.2) is 35.8 Å². The van der Waals surface area contributed by atoms with Gasteiger partial charge < -0.3 is 14.0 Å². The molecule has 1 aliphatic carbocycles. The van der Waals surface area contributed by atoms with E-state index in [1.54, 1.807) is 17.9 Å². The number of benzene rings is 1. The summed E-state index contributed by atoms with van der Waals surface area (Å²) in [5, 5.41) is 4.87. The molecule has 2 aliphatic rings. The average Bonchev–Trinajstić information content (AvgIpc) is 3.16. The summed E-state index contributed by atoms with van der Waals surface area (Å²) in [5.74, 6) is 1.60. The van der Waals surface area contributed by atoms with Crippen LogP contribution in [0, 0.1) is 5.92 Å². The first-order valence-corrected chi connectivity index (χ1v) is 9.89. The normalized spacial score (nSPS) is 19.9. The molecule has 0 saturated heterocycles.